The Hall–Kier alpha value is -0.830. The number of carbonyl (C=O) groups is 1. The highest BCUT2D eigenvalue weighted by Gasteiger charge is 2.31. The van der Waals surface area contributed by atoms with Crippen molar-refractivity contribution in [3.8, 4) is 0 Å². The number of aliphatic carboxylic acids is 1. The van der Waals surface area contributed by atoms with Gasteiger partial charge < -0.3 is 5.11 Å². The molecule has 0 saturated carbocycles. The second kappa shape index (κ2) is 4.79. The minimum atomic E-state index is -4.49. The van der Waals surface area contributed by atoms with E-state index in [1.54, 1.807) is 4.72 Å². The monoisotopic (exact) mass is 249 g/mol. The predicted molar refractivity (Wildman–Crippen MR) is 44.7 cm³/mol. The van der Waals surface area contributed by atoms with E-state index in [4.69, 9.17) is 5.11 Å². The average Bonchev–Trinajstić information content (AvgIpc) is 1.73. The lowest BCUT2D eigenvalue weighted by molar-refractivity contribution is -0.138. The van der Waals surface area contributed by atoms with Crippen molar-refractivity contribution in [2.24, 2.45) is 0 Å². The number of carboxylic acid groups (broad SMARTS) is 1. The summed E-state index contributed by atoms with van der Waals surface area (Å²) < 4.78 is 58.7. The van der Waals surface area contributed by atoms with E-state index in [1.807, 2.05) is 0 Å². The average molecular weight is 249 g/mol. The van der Waals surface area contributed by atoms with E-state index in [0.29, 0.717) is 0 Å². The molecule has 9 heteroatoms. The van der Waals surface area contributed by atoms with Crippen molar-refractivity contribution in [3.63, 3.8) is 0 Å². The molecule has 1 atom stereocenters. The van der Waals surface area contributed by atoms with Crippen LogP contribution in [0.15, 0.2) is 0 Å². The molecule has 0 aliphatic carbocycles. The Morgan fingerprint density at radius 1 is 1.47 bits per heavy atom. The quantitative estimate of drug-likeness (QED) is 0.735. The van der Waals surface area contributed by atoms with Crippen LogP contribution in [0.4, 0.5) is 13.2 Å². The Labute approximate surface area is 84.3 Å². The zero-order valence-corrected chi connectivity index (χ0v) is 8.52. The van der Waals surface area contributed by atoms with Crippen molar-refractivity contribution in [1.29, 1.82) is 0 Å². The first kappa shape index (κ1) is 14.2. The van der Waals surface area contributed by atoms with Gasteiger partial charge in [0.25, 0.3) is 0 Å². The third-order valence-corrected chi connectivity index (χ3v) is 2.62. The summed E-state index contributed by atoms with van der Waals surface area (Å²) in [5.41, 5.74) is 0. The van der Waals surface area contributed by atoms with Gasteiger partial charge in [0.05, 0.1) is 6.42 Å². The minimum Gasteiger partial charge on any atom is -0.480 e. The first-order valence-corrected chi connectivity index (χ1v) is 5.45. The summed E-state index contributed by atoms with van der Waals surface area (Å²) in [4.78, 5) is 10.0. The van der Waals surface area contributed by atoms with Gasteiger partial charge in [0.1, 0.15) is 0 Å². The second-order valence-corrected chi connectivity index (χ2v) is 4.74. The third kappa shape index (κ3) is 8.18. The van der Waals surface area contributed by atoms with Gasteiger partial charge in [-0.3, -0.25) is 4.79 Å². The highest BCUT2D eigenvalue weighted by atomic mass is 32.2. The molecule has 0 heterocycles. The number of nitrogens with one attached hydrogen (secondary N) is 1. The first-order valence-electron chi connectivity index (χ1n) is 3.80. The molecule has 0 aromatic rings. The van der Waals surface area contributed by atoms with E-state index >= 15 is 0 Å². The van der Waals surface area contributed by atoms with Crippen molar-refractivity contribution >= 4 is 16.0 Å². The van der Waals surface area contributed by atoms with E-state index in [1.165, 1.54) is 0 Å². The van der Waals surface area contributed by atoms with Crippen LogP contribution in [-0.2, 0) is 14.8 Å². The molecule has 0 spiro atoms. The topological polar surface area (TPSA) is 83.5 Å². The number of hydrogen-bond donors (Lipinski definition) is 2. The maximum absolute atomic E-state index is 11.8. The van der Waals surface area contributed by atoms with Gasteiger partial charge in [-0.2, -0.15) is 13.2 Å². The minimum absolute atomic E-state index is 1.01. The third-order valence-electron chi connectivity index (χ3n) is 1.23. The van der Waals surface area contributed by atoms with Crippen molar-refractivity contribution in [1.82, 2.24) is 4.72 Å². The van der Waals surface area contributed by atoms with Crippen molar-refractivity contribution in [3.05, 3.63) is 0 Å². The molecule has 90 valence electrons. The van der Waals surface area contributed by atoms with Gasteiger partial charge >= 0.3 is 12.1 Å². The van der Waals surface area contributed by atoms with Gasteiger partial charge in [-0.25, -0.2) is 13.1 Å². The lowest BCUT2D eigenvalue weighted by Gasteiger charge is -2.14. The SMILES string of the molecule is CC(CC(F)(F)F)NS(=O)(=O)CC(=O)O. The molecule has 0 radical (unpaired) electrons. The molecule has 0 aliphatic rings. The maximum atomic E-state index is 11.8. The van der Waals surface area contributed by atoms with E-state index < -0.39 is 40.4 Å². The van der Waals surface area contributed by atoms with Crippen LogP contribution in [0.5, 0.6) is 0 Å². The van der Waals surface area contributed by atoms with Gasteiger partial charge in [-0.1, -0.05) is 0 Å². The van der Waals surface area contributed by atoms with E-state index in [2.05, 4.69) is 0 Å². The summed E-state index contributed by atoms with van der Waals surface area (Å²) in [6.45, 7) is 1.01. The summed E-state index contributed by atoms with van der Waals surface area (Å²) in [5.74, 6) is -2.86. The molecule has 0 rings (SSSR count). The van der Waals surface area contributed by atoms with Crippen LogP contribution in [0.2, 0.25) is 0 Å². The summed E-state index contributed by atoms with van der Waals surface area (Å²) in [7, 11) is -4.20. The Kier molecular flexibility index (Phi) is 4.53. The number of hydrogen-bond acceptors (Lipinski definition) is 3. The van der Waals surface area contributed by atoms with Gasteiger partial charge in [0, 0.05) is 6.04 Å². The van der Waals surface area contributed by atoms with Gasteiger partial charge in [0.2, 0.25) is 10.0 Å². The van der Waals surface area contributed by atoms with Crippen molar-refractivity contribution in [2.45, 2.75) is 25.6 Å². The Balaban J connectivity index is 4.29. The molecule has 0 saturated heterocycles. The molecular weight excluding hydrogens is 239 g/mol. The summed E-state index contributed by atoms with van der Waals surface area (Å²) in [5, 5.41) is 8.15. The van der Waals surface area contributed by atoms with Crippen LogP contribution in [0.3, 0.4) is 0 Å². The first-order chi connectivity index (χ1) is 6.52. The molecule has 0 aromatic carbocycles. The van der Waals surface area contributed by atoms with E-state index in [-0.39, 0.29) is 0 Å². The number of halogens is 3. The lowest BCUT2D eigenvalue weighted by atomic mass is 10.2. The highest BCUT2D eigenvalue weighted by Crippen LogP contribution is 2.21. The van der Waals surface area contributed by atoms with Crippen LogP contribution in [-0.4, -0.2) is 37.5 Å². The summed E-state index contributed by atoms with van der Waals surface area (Å²) in [6, 6.07) is -1.38. The summed E-state index contributed by atoms with van der Waals surface area (Å²) >= 11 is 0. The van der Waals surface area contributed by atoms with Crippen LogP contribution >= 0.6 is 0 Å². The largest absolute Gasteiger partial charge is 0.480 e. The Bertz CT molecular complexity index is 324. The van der Waals surface area contributed by atoms with Gasteiger partial charge in [-0.05, 0) is 6.92 Å². The standard InChI is InChI=1S/C6H10F3NO4S/c1-4(2-6(7,8)9)10-15(13,14)3-5(11)12/h4,10H,2-3H2,1H3,(H,11,12). The molecule has 0 bridgehead atoms. The fraction of sp³-hybridized carbons (Fsp3) is 0.833. The smallest absolute Gasteiger partial charge is 0.390 e. The highest BCUT2D eigenvalue weighted by molar-refractivity contribution is 7.90. The number of sulfonamides is 1. The van der Waals surface area contributed by atoms with Crippen LogP contribution in [0.1, 0.15) is 13.3 Å². The number of rotatable bonds is 5. The zero-order valence-electron chi connectivity index (χ0n) is 7.71. The maximum Gasteiger partial charge on any atom is 0.390 e. The Morgan fingerprint density at radius 3 is 2.27 bits per heavy atom. The number of alkyl halides is 3. The molecule has 15 heavy (non-hydrogen) atoms. The Morgan fingerprint density at radius 2 is 1.93 bits per heavy atom. The van der Waals surface area contributed by atoms with Crippen molar-refractivity contribution < 1.29 is 31.5 Å². The fourth-order valence-corrected chi connectivity index (χ4v) is 2.00. The fourth-order valence-electron chi connectivity index (χ4n) is 0.900. The lowest BCUT2D eigenvalue weighted by Crippen LogP contribution is -2.38. The predicted octanol–water partition coefficient (Wildman–Crippen LogP) is 0.331. The molecular formula is C6H10F3NO4S. The molecule has 0 fully saturated rings. The molecule has 0 aliphatic heterocycles. The van der Waals surface area contributed by atoms with Crippen LogP contribution in [0.25, 0.3) is 0 Å². The number of carboxylic acids is 1. The molecule has 0 amide bonds. The molecule has 0 aromatic heterocycles. The van der Waals surface area contributed by atoms with Crippen LogP contribution < -0.4 is 4.72 Å². The summed E-state index contributed by atoms with van der Waals surface area (Å²) in [6.07, 6.45) is -5.84. The molecule has 2 N–H and O–H groups in total. The molecule has 5 nitrogen and oxygen atoms in total. The van der Waals surface area contributed by atoms with E-state index in [9.17, 15) is 26.4 Å². The molecule has 1 unspecified atom stereocenters. The van der Waals surface area contributed by atoms with Crippen molar-refractivity contribution in [2.75, 3.05) is 5.75 Å². The zero-order chi connectivity index (χ0) is 12.3. The van der Waals surface area contributed by atoms with Crippen LogP contribution in [0, 0.1) is 0 Å². The second-order valence-electron chi connectivity index (χ2n) is 2.99. The normalized spacial score (nSPS) is 14.9. The van der Waals surface area contributed by atoms with Gasteiger partial charge in [-0.15, -0.1) is 0 Å². The van der Waals surface area contributed by atoms with Gasteiger partial charge in [0.15, 0.2) is 5.75 Å². The van der Waals surface area contributed by atoms with E-state index in [0.717, 1.165) is 6.92 Å².